The number of nitrogen functional groups attached to an aromatic ring is 1. The van der Waals surface area contributed by atoms with Crippen molar-refractivity contribution in [2.24, 2.45) is 11.8 Å². The molecule has 0 bridgehead atoms. The van der Waals surface area contributed by atoms with Crippen molar-refractivity contribution in [3.05, 3.63) is 18.3 Å². The largest absolute Gasteiger partial charge is 0.397 e. The zero-order chi connectivity index (χ0) is 8.84. The van der Waals surface area contributed by atoms with Gasteiger partial charge >= 0.3 is 0 Å². The molecule has 0 spiro atoms. The molecule has 2 heterocycles. The maximum Gasteiger partial charge on any atom is 0.128 e. The summed E-state index contributed by atoms with van der Waals surface area (Å²) in [6.45, 7) is 2.39. The molecule has 2 N–H and O–H groups in total. The lowest BCUT2D eigenvalue weighted by Gasteiger charge is -2.18. The Kier molecular flexibility index (Phi) is 1.31. The number of hydrogen-bond acceptors (Lipinski definition) is 3. The van der Waals surface area contributed by atoms with Crippen molar-refractivity contribution >= 4 is 11.5 Å². The number of aromatic nitrogens is 1. The van der Waals surface area contributed by atoms with Crippen molar-refractivity contribution in [3.63, 3.8) is 0 Å². The van der Waals surface area contributed by atoms with E-state index >= 15 is 0 Å². The Morgan fingerprint density at radius 1 is 1.31 bits per heavy atom. The third-order valence-electron chi connectivity index (χ3n) is 3.07. The Hall–Kier alpha value is -1.25. The minimum absolute atomic E-state index is 0.744. The molecule has 1 aliphatic carbocycles. The fourth-order valence-electron chi connectivity index (χ4n) is 2.17. The van der Waals surface area contributed by atoms with Crippen LogP contribution in [-0.2, 0) is 0 Å². The molecule has 13 heavy (non-hydrogen) atoms. The van der Waals surface area contributed by atoms with Gasteiger partial charge in [-0.05, 0) is 30.4 Å². The van der Waals surface area contributed by atoms with Gasteiger partial charge < -0.3 is 10.6 Å². The quantitative estimate of drug-likeness (QED) is 0.695. The number of nitrogens with zero attached hydrogens (tertiary/aromatic N) is 2. The van der Waals surface area contributed by atoms with Crippen LogP contribution in [0, 0.1) is 11.8 Å². The summed E-state index contributed by atoms with van der Waals surface area (Å²) in [6, 6.07) is 3.94. The highest BCUT2D eigenvalue weighted by Gasteiger charge is 2.45. The first kappa shape index (κ1) is 7.18. The van der Waals surface area contributed by atoms with Crippen LogP contribution in [0.15, 0.2) is 18.3 Å². The Bertz CT molecular complexity index is 309. The SMILES string of the molecule is Nc1ccc(N2CC3CC3C2)nc1. The topological polar surface area (TPSA) is 42.1 Å². The first-order valence-electron chi connectivity index (χ1n) is 4.79. The second-order valence-electron chi connectivity index (χ2n) is 4.11. The van der Waals surface area contributed by atoms with Gasteiger partial charge in [0.1, 0.15) is 5.82 Å². The van der Waals surface area contributed by atoms with E-state index in [1.165, 1.54) is 19.5 Å². The Morgan fingerprint density at radius 2 is 2.08 bits per heavy atom. The standard InChI is InChI=1S/C10H13N3/c11-9-1-2-10(12-4-9)13-5-7-3-8(7)6-13/h1-2,4,7-8H,3,5-6,11H2. The first-order valence-corrected chi connectivity index (χ1v) is 4.79. The molecule has 3 heteroatoms. The fourth-order valence-corrected chi connectivity index (χ4v) is 2.17. The Morgan fingerprint density at radius 3 is 2.69 bits per heavy atom. The van der Waals surface area contributed by atoms with Crippen LogP contribution in [-0.4, -0.2) is 18.1 Å². The normalized spacial score (nSPS) is 30.3. The fraction of sp³-hybridized carbons (Fsp3) is 0.500. The van der Waals surface area contributed by atoms with Gasteiger partial charge in [0, 0.05) is 13.1 Å². The Labute approximate surface area is 77.6 Å². The van der Waals surface area contributed by atoms with Crippen LogP contribution in [0.5, 0.6) is 0 Å². The number of piperidine rings is 1. The van der Waals surface area contributed by atoms with Gasteiger partial charge in [-0.15, -0.1) is 0 Å². The van der Waals surface area contributed by atoms with Gasteiger partial charge in [-0.2, -0.15) is 0 Å². The summed E-state index contributed by atoms with van der Waals surface area (Å²) in [5.74, 6) is 3.00. The lowest BCUT2D eigenvalue weighted by atomic mass is 10.3. The predicted octanol–water partition coefficient (Wildman–Crippen LogP) is 1.12. The molecule has 1 aromatic heterocycles. The van der Waals surface area contributed by atoms with Gasteiger partial charge in [0.2, 0.25) is 0 Å². The molecule has 1 aliphatic heterocycles. The molecule has 3 nitrogen and oxygen atoms in total. The van der Waals surface area contributed by atoms with Crippen LogP contribution in [0.2, 0.25) is 0 Å². The minimum atomic E-state index is 0.744. The van der Waals surface area contributed by atoms with E-state index in [9.17, 15) is 0 Å². The van der Waals surface area contributed by atoms with Gasteiger partial charge in [-0.1, -0.05) is 0 Å². The summed E-state index contributed by atoms with van der Waals surface area (Å²) in [5.41, 5.74) is 6.32. The van der Waals surface area contributed by atoms with Crippen molar-refractivity contribution in [3.8, 4) is 0 Å². The summed E-state index contributed by atoms with van der Waals surface area (Å²) in [5, 5.41) is 0. The van der Waals surface area contributed by atoms with Crippen molar-refractivity contribution < 1.29 is 0 Å². The van der Waals surface area contributed by atoms with Crippen LogP contribution < -0.4 is 10.6 Å². The summed E-state index contributed by atoms with van der Waals surface area (Å²) >= 11 is 0. The molecule has 0 radical (unpaired) electrons. The van der Waals surface area contributed by atoms with E-state index in [0.29, 0.717) is 0 Å². The van der Waals surface area contributed by atoms with Gasteiger partial charge in [0.15, 0.2) is 0 Å². The number of rotatable bonds is 1. The van der Waals surface area contributed by atoms with E-state index in [1.807, 2.05) is 12.1 Å². The molecular formula is C10H13N3. The van der Waals surface area contributed by atoms with E-state index in [-0.39, 0.29) is 0 Å². The molecular weight excluding hydrogens is 162 g/mol. The zero-order valence-electron chi connectivity index (χ0n) is 7.48. The summed E-state index contributed by atoms with van der Waals surface area (Å²) in [4.78, 5) is 6.68. The molecule has 0 amide bonds. The van der Waals surface area contributed by atoms with E-state index < -0.39 is 0 Å². The zero-order valence-corrected chi connectivity index (χ0v) is 7.48. The summed E-state index contributed by atoms with van der Waals surface area (Å²) in [6.07, 6.45) is 3.17. The summed E-state index contributed by atoms with van der Waals surface area (Å²) in [7, 11) is 0. The van der Waals surface area contributed by atoms with Gasteiger partial charge in [0.25, 0.3) is 0 Å². The second kappa shape index (κ2) is 2.37. The highest BCUT2D eigenvalue weighted by molar-refractivity contribution is 5.47. The Balaban J connectivity index is 1.81. The van der Waals surface area contributed by atoms with Crippen LogP contribution in [0.4, 0.5) is 11.5 Å². The van der Waals surface area contributed by atoms with E-state index in [4.69, 9.17) is 5.73 Å². The van der Waals surface area contributed by atoms with E-state index in [1.54, 1.807) is 6.20 Å². The third-order valence-corrected chi connectivity index (χ3v) is 3.07. The lowest BCUT2D eigenvalue weighted by Crippen LogP contribution is -2.22. The van der Waals surface area contributed by atoms with Crippen molar-refractivity contribution in [2.75, 3.05) is 23.7 Å². The number of nitrogens with two attached hydrogens (primary N) is 1. The predicted molar refractivity (Wildman–Crippen MR) is 52.5 cm³/mol. The maximum atomic E-state index is 5.58. The van der Waals surface area contributed by atoms with Crippen LogP contribution in [0.1, 0.15) is 6.42 Å². The molecule has 2 unspecified atom stereocenters. The van der Waals surface area contributed by atoms with Crippen LogP contribution >= 0.6 is 0 Å². The lowest BCUT2D eigenvalue weighted by molar-refractivity contribution is 0.806. The first-order chi connectivity index (χ1) is 6.33. The number of hydrogen-bond donors (Lipinski definition) is 1. The van der Waals surface area contributed by atoms with Crippen molar-refractivity contribution in [1.29, 1.82) is 0 Å². The molecule has 1 saturated heterocycles. The number of pyridine rings is 1. The number of fused-ring (bicyclic) bond motifs is 1. The van der Waals surface area contributed by atoms with Crippen LogP contribution in [0.25, 0.3) is 0 Å². The third kappa shape index (κ3) is 1.15. The minimum Gasteiger partial charge on any atom is -0.397 e. The average Bonchev–Trinajstić information content (AvgIpc) is 2.75. The highest BCUT2D eigenvalue weighted by atomic mass is 15.2. The molecule has 0 aromatic carbocycles. The molecule has 1 saturated carbocycles. The molecule has 2 fully saturated rings. The molecule has 1 aromatic rings. The van der Waals surface area contributed by atoms with Crippen molar-refractivity contribution in [1.82, 2.24) is 4.98 Å². The second-order valence-corrected chi connectivity index (χ2v) is 4.11. The smallest absolute Gasteiger partial charge is 0.128 e. The molecule has 2 aliphatic rings. The molecule has 2 atom stereocenters. The highest BCUT2D eigenvalue weighted by Crippen LogP contribution is 2.45. The van der Waals surface area contributed by atoms with E-state index in [2.05, 4.69) is 9.88 Å². The molecule has 68 valence electrons. The summed E-state index contributed by atoms with van der Waals surface area (Å²) < 4.78 is 0. The molecule has 3 rings (SSSR count). The van der Waals surface area contributed by atoms with Gasteiger partial charge in [0.05, 0.1) is 11.9 Å². The van der Waals surface area contributed by atoms with Crippen LogP contribution in [0.3, 0.4) is 0 Å². The monoisotopic (exact) mass is 175 g/mol. The average molecular weight is 175 g/mol. The van der Waals surface area contributed by atoms with Crippen molar-refractivity contribution in [2.45, 2.75) is 6.42 Å². The van der Waals surface area contributed by atoms with Gasteiger partial charge in [-0.25, -0.2) is 4.98 Å². The maximum absolute atomic E-state index is 5.58. The number of anilines is 2. The van der Waals surface area contributed by atoms with Gasteiger partial charge in [-0.3, -0.25) is 0 Å². The van der Waals surface area contributed by atoms with E-state index in [0.717, 1.165) is 23.3 Å².